The maximum atomic E-state index is 13.1. The summed E-state index contributed by atoms with van der Waals surface area (Å²) in [5.74, 6) is -0.649. The SMILES string of the molecule is OC(Cc1ccc(F)c(Cl)c1)c1ccccc1OC(F)F. The van der Waals surface area contributed by atoms with Crippen LogP contribution in [0.15, 0.2) is 42.5 Å². The molecule has 0 heterocycles. The van der Waals surface area contributed by atoms with Crippen molar-refractivity contribution < 1.29 is 23.0 Å². The van der Waals surface area contributed by atoms with Crippen molar-refractivity contribution >= 4 is 11.6 Å². The molecule has 6 heteroatoms. The Labute approximate surface area is 124 Å². The topological polar surface area (TPSA) is 29.5 Å². The highest BCUT2D eigenvalue weighted by molar-refractivity contribution is 6.30. The van der Waals surface area contributed by atoms with E-state index in [2.05, 4.69) is 4.74 Å². The van der Waals surface area contributed by atoms with Crippen molar-refractivity contribution in [3.05, 3.63) is 64.4 Å². The normalized spacial score (nSPS) is 12.5. The lowest BCUT2D eigenvalue weighted by molar-refractivity contribution is -0.0515. The Kier molecular flexibility index (Phi) is 5.09. The summed E-state index contributed by atoms with van der Waals surface area (Å²) in [4.78, 5) is 0. The molecule has 0 aliphatic rings. The number of aliphatic hydroxyl groups is 1. The molecule has 2 rings (SSSR count). The van der Waals surface area contributed by atoms with Crippen LogP contribution in [0.5, 0.6) is 5.75 Å². The second-order valence-electron chi connectivity index (χ2n) is 4.38. The molecule has 2 aromatic rings. The first-order chi connectivity index (χ1) is 9.97. The molecule has 1 unspecified atom stereocenters. The Morgan fingerprint density at radius 1 is 1.14 bits per heavy atom. The summed E-state index contributed by atoms with van der Waals surface area (Å²) >= 11 is 5.66. The van der Waals surface area contributed by atoms with Gasteiger partial charge in [0.2, 0.25) is 0 Å². The summed E-state index contributed by atoms with van der Waals surface area (Å²) in [6, 6.07) is 10.0. The van der Waals surface area contributed by atoms with Crippen LogP contribution in [-0.4, -0.2) is 11.7 Å². The summed E-state index contributed by atoms with van der Waals surface area (Å²) < 4.78 is 42.1. The van der Waals surface area contributed by atoms with Crippen molar-refractivity contribution in [3.8, 4) is 5.75 Å². The predicted molar refractivity (Wildman–Crippen MR) is 73.1 cm³/mol. The number of halogens is 4. The van der Waals surface area contributed by atoms with E-state index in [0.717, 1.165) is 0 Å². The monoisotopic (exact) mass is 316 g/mol. The standard InChI is InChI=1S/C15H12ClF3O2/c16-11-7-9(5-6-12(11)17)8-13(20)10-3-1-2-4-14(10)21-15(18)19/h1-7,13,15,20H,8H2. The summed E-state index contributed by atoms with van der Waals surface area (Å²) in [5.41, 5.74) is 0.819. The third-order valence-corrected chi connectivity index (χ3v) is 3.20. The van der Waals surface area contributed by atoms with Gasteiger partial charge in [-0.1, -0.05) is 35.9 Å². The van der Waals surface area contributed by atoms with Gasteiger partial charge in [0.15, 0.2) is 0 Å². The van der Waals surface area contributed by atoms with E-state index in [1.165, 1.54) is 36.4 Å². The first kappa shape index (κ1) is 15.7. The van der Waals surface area contributed by atoms with Gasteiger partial charge in [-0.3, -0.25) is 0 Å². The van der Waals surface area contributed by atoms with Crippen molar-refractivity contribution in [2.75, 3.05) is 0 Å². The van der Waals surface area contributed by atoms with Crippen molar-refractivity contribution in [1.29, 1.82) is 0 Å². The zero-order chi connectivity index (χ0) is 15.4. The van der Waals surface area contributed by atoms with Crippen LogP contribution in [0.4, 0.5) is 13.2 Å². The van der Waals surface area contributed by atoms with Crippen LogP contribution in [0.1, 0.15) is 17.2 Å². The van der Waals surface area contributed by atoms with Gasteiger partial charge < -0.3 is 9.84 Å². The number of benzene rings is 2. The van der Waals surface area contributed by atoms with E-state index >= 15 is 0 Å². The molecule has 112 valence electrons. The van der Waals surface area contributed by atoms with Gasteiger partial charge in [0.05, 0.1) is 11.1 Å². The largest absolute Gasteiger partial charge is 0.434 e. The smallest absolute Gasteiger partial charge is 0.387 e. The van der Waals surface area contributed by atoms with Gasteiger partial charge in [-0.15, -0.1) is 0 Å². The minimum absolute atomic E-state index is 0.0585. The van der Waals surface area contributed by atoms with E-state index in [-0.39, 0.29) is 22.8 Å². The molecule has 0 aliphatic heterocycles. The van der Waals surface area contributed by atoms with Crippen molar-refractivity contribution in [1.82, 2.24) is 0 Å². The van der Waals surface area contributed by atoms with Gasteiger partial charge in [-0.05, 0) is 23.8 Å². The van der Waals surface area contributed by atoms with Crippen LogP contribution in [0, 0.1) is 5.82 Å². The molecule has 0 bridgehead atoms. The second kappa shape index (κ2) is 6.83. The highest BCUT2D eigenvalue weighted by Gasteiger charge is 2.16. The van der Waals surface area contributed by atoms with Crippen LogP contribution < -0.4 is 4.74 Å². The van der Waals surface area contributed by atoms with Gasteiger partial charge in [0, 0.05) is 12.0 Å². The Morgan fingerprint density at radius 3 is 2.52 bits per heavy atom. The molecule has 2 nitrogen and oxygen atoms in total. The van der Waals surface area contributed by atoms with Gasteiger partial charge in [0.25, 0.3) is 0 Å². The number of rotatable bonds is 5. The van der Waals surface area contributed by atoms with E-state index in [4.69, 9.17) is 11.6 Å². The number of ether oxygens (including phenoxy) is 1. The van der Waals surface area contributed by atoms with Gasteiger partial charge >= 0.3 is 6.61 Å². The first-order valence-corrected chi connectivity index (χ1v) is 6.51. The first-order valence-electron chi connectivity index (χ1n) is 6.13. The maximum Gasteiger partial charge on any atom is 0.387 e. The van der Waals surface area contributed by atoms with Crippen LogP contribution in [0.3, 0.4) is 0 Å². The minimum Gasteiger partial charge on any atom is -0.434 e. The molecule has 0 fully saturated rings. The van der Waals surface area contributed by atoms with Crippen LogP contribution >= 0.6 is 11.6 Å². The third kappa shape index (κ3) is 4.12. The van der Waals surface area contributed by atoms with Gasteiger partial charge in [0.1, 0.15) is 11.6 Å². The minimum atomic E-state index is -2.97. The maximum absolute atomic E-state index is 13.1. The molecule has 0 spiro atoms. The molecular weight excluding hydrogens is 305 g/mol. The lowest BCUT2D eigenvalue weighted by Crippen LogP contribution is -2.08. The number of para-hydroxylation sites is 1. The fourth-order valence-electron chi connectivity index (χ4n) is 1.96. The quantitative estimate of drug-likeness (QED) is 0.888. The Bertz CT molecular complexity index is 620. The second-order valence-corrected chi connectivity index (χ2v) is 4.79. The van der Waals surface area contributed by atoms with E-state index in [9.17, 15) is 18.3 Å². The molecule has 0 aliphatic carbocycles. The van der Waals surface area contributed by atoms with Gasteiger partial charge in [-0.25, -0.2) is 4.39 Å². The molecule has 1 N–H and O–H groups in total. The third-order valence-electron chi connectivity index (χ3n) is 2.91. The molecule has 0 radical (unpaired) electrons. The van der Waals surface area contributed by atoms with Crippen LogP contribution in [0.2, 0.25) is 5.02 Å². The molecular formula is C15H12ClF3O2. The number of alkyl halides is 2. The highest BCUT2D eigenvalue weighted by Crippen LogP contribution is 2.29. The molecule has 0 saturated carbocycles. The lowest BCUT2D eigenvalue weighted by Gasteiger charge is -2.16. The average Bonchev–Trinajstić information content (AvgIpc) is 2.43. The summed E-state index contributed by atoms with van der Waals surface area (Å²) in [7, 11) is 0. The van der Waals surface area contributed by atoms with Crippen molar-refractivity contribution in [2.24, 2.45) is 0 Å². The van der Waals surface area contributed by atoms with E-state index in [1.54, 1.807) is 6.07 Å². The highest BCUT2D eigenvalue weighted by atomic mass is 35.5. The van der Waals surface area contributed by atoms with Crippen molar-refractivity contribution in [2.45, 2.75) is 19.1 Å². The molecule has 1 atom stereocenters. The molecule has 0 amide bonds. The molecule has 21 heavy (non-hydrogen) atoms. The van der Waals surface area contributed by atoms with Crippen LogP contribution in [-0.2, 0) is 6.42 Å². The lowest BCUT2D eigenvalue weighted by atomic mass is 10.0. The fourth-order valence-corrected chi connectivity index (χ4v) is 2.16. The summed E-state index contributed by atoms with van der Waals surface area (Å²) in [6.07, 6.45) is -0.967. The summed E-state index contributed by atoms with van der Waals surface area (Å²) in [6.45, 7) is -2.97. The summed E-state index contributed by atoms with van der Waals surface area (Å²) in [5, 5.41) is 10.1. The fraction of sp³-hybridized carbons (Fsp3) is 0.200. The van der Waals surface area contributed by atoms with Crippen molar-refractivity contribution in [3.63, 3.8) is 0 Å². The predicted octanol–water partition coefficient (Wildman–Crippen LogP) is 4.36. The zero-order valence-corrected chi connectivity index (χ0v) is 11.5. The molecule has 2 aromatic carbocycles. The Balaban J connectivity index is 2.19. The van der Waals surface area contributed by atoms with Gasteiger partial charge in [-0.2, -0.15) is 8.78 Å². The molecule has 0 saturated heterocycles. The zero-order valence-electron chi connectivity index (χ0n) is 10.8. The number of hydrogen-bond donors (Lipinski definition) is 1. The Morgan fingerprint density at radius 2 is 1.86 bits per heavy atom. The molecule has 0 aromatic heterocycles. The Hall–Kier alpha value is -1.72. The number of aliphatic hydroxyl groups excluding tert-OH is 1. The average molecular weight is 317 g/mol. The van der Waals surface area contributed by atoms with E-state index in [1.807, 2.05) is 0 Å². The van der Waals surface area contributed by atoms with E-state index < -0.39 is 18.5 Å². The van der Waals surface area contributed by atoms with E-state index in [0.29, 0.717) is 5.56 Å². The number of hydrogen-bond acceptors (Lipinski definition) is 2. The van der Waals surface area contributed by atoms with Crippen LogP contribution in [0.25, 0.3) is 0 Å².